The van der Waals surface area contributed by atoms with Gasteiger partial charge in [-0.15, -0.1) is 11.3 Å². The Hall–Kier alpha value is -2.86. The molecule has 1 unspecified atom stereocenters. The van der Waals surface area contributed by atoms with Crippen LogP contribution in [0.2, 0.25) is 0 Å². The molecule has 2 amide bonds. The minimum absolute atomic E-state index is 0.00483. The van der Waals surface area contributed by atoms with Crippen LogP contribution in [0.1, 0.15) is 58.9 Å². The van der Waals surface area contributed by atoms with Crippen molar-refractivity contribution in [1.29, 1.82) is 0 Å². The monoisotopic (exact) mass is 436 g/mol. The summed E-state index contributed by atoms with van der Waals surface area (Å²) in [6.45, 7) is 8.51. The van der Waals surface area contributed by atoms with E-state index in [0.29, 0.717) is 6.54 Å². The highest BCUT2D eigenvalue weighted by Crippen LogP contribution is 2.38. The van der Waals surface area contributed by atoms with Gasteiger partial charge in [0.1, 0.15) is 6.54 Å². The standard InChI is InChI=1S/C25H28N2O3S/c1-17-7-9-18(10-8-17)23-19-12-15-31-21(19)11-13-26(23)22(28)16-27(25(2,3)4)24(29)20-6-5-14-30-20/h5-10,12,14-15,23H,11,13,16H2,1-4H3. The lowest BCUT2D eigenvalue weighted by atomic mass is 9.92. The molecule has 0 N–H and O–H groups in total. The summed E-state index contributed by atoms with van der Waals surface area (Å²) in [4.78, 5) is 31.5. The number of hydrogen-bond donors (Lipinski definition) is 0. The van der Waals surface area contributed by atoms with Crippen molar-refractivity contribution in [1.82, 2.24) is 9.80 Å². The van der Waals surface area contributed by atoms with Crippen molar-refractivity contribution in [2.75, 3.05) is 13.1 Å². The van der Waals surface area contributed by atoms with Crippen LogP contribution in [0, 0.1) is 6.92 Å². The molecule has 0 bridgehead atoms. The number of aryl methyl sites for hydroxylation is 1. The van der Waals surface area contributed by atoms with Crippen LogP contribution in [0.15, 0.2) is 58.5 Å². The number of hydrogen-bond acceptors (Lipinski definition) is 4. The summed E-state index contributed by atoms with van der Waals surface area (Å²) in [5.41, 5.74) is 2.94. The van der Waals surface area contributed by atoms with Gasteiger partial charge in [-0.05, 0) is 68.8 Å². The van der Waals surface area contributed by atoms with Gasteiger partial charge in [0.05, 0.1) is 12.3 Å². The lowest BCUT2D eigenvalue weighted by Crippen LogP contribution is -2.52. The minimum atomic E-state index is -0.526. The van der Waals surface area contributed by atoms with Crippen molar-refractivity contribution in [2.45, 2.75) is 45.7 Å². The first kappa shape index (κ1) is 21.4. The molecule has 162 valence electrons. The molecule has 0 aliphatic carbocycles. The van der Waals surface area contributed by atoms with Gasteiger partial charge in [-0.25, -0.2) is 0 Å². The average Bonchev–Trinajstić information content (AvgIpc) is 3.42. The number of rotatable bonds is 4. The molecular weight excluding hydrogens is 408 g/mol. The molecule has 3 heterocycles. The Kier molecular flexibility index (Phi) is 5.75. The van der Waals surface area contributed by atoms with E-state index in [9.17, 15) is 9.59 Å². The number of carbonyl (C=O) groups excluding carboxylic acids is 2. The maximum atomic E-state index is 13.6. The van der Waals surface area contributed by atoms with Crippen molar-refractivity contribution in [2.24, 2.45) is 0 Å². The third kappa shape index (κ3) is 4.30. The Morgan fingerprint density at radius 1 is 1.16 bits per heavy atom. The molecule has 4 rings (SSSR count). The summed E-state index contributed by atoms with van der Waals surface area (Å²) < 4.78 is 5.32. The fraction of sp³-hybridized carbons (Fsp3) is 0.360. The van der Waals surface area contributed by atoms with Gasteiger partial charge >= 0.3 is 0 Å². The minimum Gasteiger partial charge on any atom is -0.459 e. The quantitative estimate of drug-likeness (QED) is 0.574. The fourth-order valence-electron chi connectivity index (χ4n) is 4.07. The zero-order valence-corrected chi connectivity index (χ0v) is 19.2. The predicted molar refractivity (Wildman–Crippen MR) is 122 cm³/mol. The first-order chi connectivity index (χ1) is 14.8. The van der Waals surface area contributed by atoms with E-state index < -0.39 is 5.54 Å². The van der Waals surface area contributed by atoms with Gasteiger partial charge in [0.15, 0.2) is 5.76 Å². The highest BCUT2D eigenvalue weighted by atomic mass is 32.1. The molecule has 0 fully saturated rings. The number of thiophene rings is 1. The largest absolute Gasteiger partial charge is 0.459 e. The van der Waals surface area contributed by atoms with E-state index in [4.69, 9.17) is 4.42 Å². The van der Waals surface area contributed by atoms with Crippen LogP contribution in [-0.2, 0) is 11.2 Å². The molecule has 2 aromatic heterocycles. The van der Waals surface area contributed by atoms with Crippen molar-refractivity contribution in [3.63, 3.8) is 0 Å². The van der Waals surface area contributed by atoms with E-state index in [1.54, 1.807) is 28.4 Å². The molecular formula is C25H28N2O3S. The molecule has 1 atom stereocenters. The summed E-state index contributed by atoms with van der Waals surface area (Å²) in [6, 6.07) is 13.7. The van der Waals surface area contributed by atoms with E-state index in [-0.39, 0.29) is 30.2 Å². The van der Waals surface area contributed by atoms with Gasteiger partial charge in [-0.3, -0.25) is 9.59 Å². The molecule has 1 aromatic carbocycles. The number of amides is 2. The Bertz CT molecular complexity index is 1060. The van der Waals surface area contributed by atoms with E-state index in [1.165, 1.54) is 22.3 Å². The van der Waals surface area contributed by atoms with E-state index in [2.05, 4.69) is 42.6 Å². The third-order valence-corrected chi connectivity index (χ3v) is 6.76. The van der Waals surface area contributed by atoms with Gasteiger partial charge in [-0.1, -0.05) is 29.8 Å². The molecule has 0 saturated heterocycles. The SMILES string of the molecule is Cc1ccc(C2c3ccsc3CCN2C(=O)CN(C(=O)c2ccco2)C(C)(C)C)cc1. The van der Waals surface area contributed by atoms with Crippen LogP contribution < -0.4 is 0 Å². The molecule has 0 radical (unpaired) electrons. The predicted octanol–water partition coefficient (Wildman–Crippen LogP) is 5.06. The van der Waals surface area contributed by atoms with E-state index in [1.807, 2.05) is 25.7 Å². The van der Waals surface area contributed by atoms with Gasteiger partial charge in [-0.2, -0.15) is 0 Å². The zero-order valence-electron chi connectivity index (χ0n) is 18.4. The lowest BCUT2D eigenvalue weighted by molar-refractivity contribution is -0.135. The van der Waals surface area contributed by atoms with Crippen LogP contribution >= 0.6 is 11.3 Å². The third-order valence-electron chi connectivity index (χ3n) is 5.76. The Balaban J connectivity index is 1.65. The summed E-state index contributed by atoms with van der Waals surface area (Å²) >= 11 is 1.75. The van der Waals surface area contributed by atoms with E-state index in [0.717, 1.165) is 12.0 Å². The number of fused-ring (bicyclic) bond motifs is 1. The first-order valence-corrected chi connectivity index (χ1v) is 11.4. The van der Waals surface area contributed by atoms with Crippen LogP contribution in [0.4, 0.5) is 0 Å². The van der Waals surface area contributed by atoms with Crippen LogP contribution in [0.3, 0.4) is 0 Å². The summed E-state index contributed by atoms with van der Waals surface area (Å²) in [5, 5.41) is 2.10. The number of carbonyl (C=O) groups is 2. The normalized spacial score (nSPS) is 16.1. The second kappa shape index (κ2) is 8.35. The van der Waals surface area contributed by atoms with Crippen molar-refractivity contribution in [3.8, 4) is 0 Å². The molecule has 0 saturated carbocycles. The van der Waals surface area contributed by atoms with Gasteiger partial charge in [0.2, 0.25) is 5.91 Å². The fourth-order valence-corrected chi connectivity index (χ4v) is 4.97. The second-order valence-electron chi connectivity index (χ2n) is 8.99. The van der Waals surface area contributed by atoms with Crippen molar-refractivity contribution in [3.05, 3.63) is 81.4 Å². The van der Waals surface area contributed by atoms with Crippen LogP contribution in [-0.4, -0.2) is 40.2 Å². The van der Waals surface area contributed by atoms with Crippen molar-refractivity contribution < 1.29 is 14.0 Å². The number of furan rings is 1. The topological polar surface area (TPSA) is 53.8 Å². The molecule has 0 spiro atoms. The lowest BCUT2D eigenvalue weighted by Gasteiger charge is -2.40. The zero-order chi connectivity index (χ0) is 22.2. The van der Waals surface area contributed by atoms with Crippen LogP contribution in [0.25, 0.3) is 0 Å². The molecule has 5 nitrogen and oxygen atoms in total. The van der Waals surface area contributed by atoms with Gasteiger partial charge in [0, 0.05) is 17.0 Å². The summed E-state index contributed by atoms with van der Waals surface area (Å²) in [7, 11) is 0. The highest BCUT2D eigenvalue weighted by molar-refractivity contribution is 7.10. The van der Waals surface area contributed by atoms with Gasteiger partial charge < -0.3 is 14.2 Å². The van der Waals surface area contributed by atoms with Crippen LogP contribution in [0.5, 0.6) is 0 Å². The average molecular weight is 437 g/mol. The number of benzene rings is 1. The highest BCUT2D eigenvalue weighted by Gasteiger charge is 2.37. The smallest absolute Gasteiger partial charge is 0.290 e. The van der Waals surface area contributed by atoms with Gasteiger partial charge in [0.25, 0.3) is 5.91 Å². The number of nitrogens with zero attached hydrogens (tertiary/aromatic N) is 2. The maximum absolute atomic E-state index is 13.6. The summed E-state index contributed by atoms with van der Waals surface area (Å²) in [5.74, 6) is -0.0835. The molecule has 31 heavy (non-hydrogen) atoms. The van der Waals surface area contributed by atoms with E-state index >= 15 is 0 Å². The maximum Gasteiger partial charge on any atom is 0.290 e. The summed E-state index contributed by atoms with van der Waals surface area (Å²) in [6.07, 6.45) is 2.31. The Labute approximate surface area is 187 Å². The molecule has 6 heteroatoms. The molecule has 1 aliphatic rings. The molecule has 3 aromatic rings. The second-order valence-corrected chi connectivity index (χ2v) is 9.99. The first-order valence-electron chi connectivity index (χ1n) is 10.5. The Morgan fingerprint density at radius 3 is 2.55 bits per heavy atom. The van der Waals surface area contributed by atoms with Crippen molar-refractivity contribution >= 4 is 23.2 Å². The Morgan fingerprint density at radius 2 is 1.90 bits per heavy atom. The molecule has 1 aliphatic heterocycles.